The van der Waals surface area contributed by atoms with Gasteiger partial charge in [-0.3, -0.25) is 29.5 Å². The number of halogens is 2. The first-order valence-electron chi connectivity index (χ1n) is 21.0. The van der Waals surface area contributed by atoms with Crippen LogP contribution < -0.4 is 29.6 Å². The Balaban J connectivity index is 0.000000231. The molecule has 0 spiro atoms. The number of nitro groups is 1. The number of benzene rings is 5. The van der Waals surface area contributed by atoms with Gasteiger partial charge >= 0.3 is 47.7 Å². The second kappa shape index (κ2) is 22.7. The number of carbonyl (C=O) groups is 5. The van der Waals surface area contributed by atoms with Crippen LogP contribution >= 0.6 is 0 Å². The molecule has 2 aliphatic heterocycles. The fourth-order valence-electron chi connectivity index (χ4n) is 8.10. The van der Waals surface area contributed by atoms with Crippen LogP contribution in [0, 0.1) is 21.7 Å². The third-order valence-electron chi connectivity index (χ3n) is 11.4. The first-order chi connectivity index (χ1) is 32.3. The van der Waals surface area contributed by atoms with Gasteiger partial charge in [0.25, 0.3) is 5.69 Å². The number of aromatic amines is 2. The number of ketones is 2. The number of Topliss-reactive ketones (excluding diaryl/α,β-unsaturated/α-hetero) is 2. The van der Waals surface area contributed by atoms with Gasteiger partial charge in [0.2, 0.25) is 0 Å². The van der Waals surface area contributed by atoms with Gasteiger partial charge in [0.05, 0.1) is 29.7 Å². The Kier molecular flexibility index (Phi) is 16.8. The summed E-state index contributed by atoms with van der Waals surface area (Å²) in [5.74, 6) is -2.35. The summed E-state index contributed by atoms with van der Waals surface area (Å²) in [6.07, 6.45) is 0.0517. The Bertz CT molecular complexity index is 2970. The molecular formula is C49H42F2N5NaO12. The van der Waals surface area contributed by atoms with Gasteiger partial charge in [0.15, 0.2) is 11.6 Å². The van der Waals surface area contributed by atoms with Crippen LogP contribution in [-0.2, 0) is 27.4 Å². The number of aromatic nitrogens is 2. The van der Waals surface area contributed by atoms with Gasteiger partial charge < -0.3 is 34.8 Å². The van der Waals surface area contributed by atoms with E-state index in [9.17, 15) is 48.0 Å². The summed E-state index contributed by atoms with van der Waals surface area (Å²) in [6.45, 7) is -0.00299. The fraction of sp³-hybridized carbons (Fsp3) is 0.204. The van der Waals surface area contributed by atoms with Gasteiger partial charge in [-0.05, 0) is 59.7 Å². The molecule has 2 aliphatic rings. The average molecular weight is 954 g/mol. The van der Waals surface area contributed by atoms with Crippen molar-refractivity contribution < 1.29 is 92.0 Å². The molecule has 2 fully saturated rings. The smallest absolute Gasteiger partial charge is 0.870 e. The number of hydrogen-bond donors (Lipinski definition) is 3. The SMILES string of the molecule is O=C(O[C@H]1C[C@@H](C(=O)c2c[nH]c3cc(F)ccc23)N(C(=O)OCc2ccccc2)C1)c1ccc([N+](=O)[O-])cc1.O=C(c1c[nH]c2cc(F)ccc12)[C@@H]1C[C@H](O)CN1C(=O)OCc1ccccc1.[Na+].[OH-]. The van der Waals surface area contributed by atoms with Crippen LogP contribution in [0.15, 0.2) is 134 Å². The molecule has 2 aromatic heterocycles. The summed E-state index contributed by atoms with van der Waals surface area (Å²) >= 11 is 0. The number of aliphatic hydroxyl groups excluding tert-OH is 1. The van der Waals surface area contributed by atoms with Crippen LogP contribution in [0.25, 0.3) is 21.8 Å². The van der Waals surface area contributed by atoms with Crippen molar-refractivity contribution >= 4 is 57.2 Å². The van der Waals surface area contributed by atoms with Crippen molar-refractivity contribution in [2.24, 2.45) is 0 Å². The van der Waals surface area contributed by atoms with E-state index in [2.05, 4.69) is 9.97 Å². The molecule has 2 saturated heterocycles. The van der Waals surface area contributed by atoms with Crippen LogP contribution in [0.5, 0.6) is 0 Å². The Morgan fingerprint density at radius 2 is 1.13 bits per heavy atom. The van der Waals surface area contributed by atoms with Crippen molar-refractivity contribution in [2.75, 3.05) is 13.1 Å². The number of esters is 1. The zero-order chi connectivity index (χ0) is 47.2. The molecule has 4 atom stereocenters. The maximum Gasteiger partial charge on any atom is 1.00 e. The molecule has 0 aliphatic carbocycles. The maximum absolute atomic E-state index is 13.7. The van der Waals surface area contributed by atoms with Crippen molar-refractivity contribution in [3.8, 4) is 0 Å². The molecule has 4 N–H and O–H groups in total. The fourth-order valence-corrected chi connectivity index (χ4v) is 8.10. The van der Waals surface area contributed by atoms with Gasteiger partial charge in [0, 0.05) is 70.3 Å². The molecular weight excluding hydrogens is 912 g/mol. The summed E-state index contributed by atoms with van der Waals surface area (Å²) in [4.78, 5) is 83.6. The monoisotopic (exact) mass is 953 g/mol. The minimum Gasteiger partial charge on any atom is -0.870 e. The normalized spacial score (nSPS) is 17.2. The van der Waals surface area contributed by atoms with E-state index in [1.54, 1.807) is 24.3 Å². The van der Waals surface area contributed by atoms with E-state index >= 15 is 0 Å². The number of aliphatic hydroxyl groups is 1. The molecule has 0 unspecified atom stereocenters. The summed E-state index contributed by atoms with van der Waals surface area (Å²) in [6, 6.07) is 29.4. The van der Waals surface area contributed by atoms with E-state index in [4.69, 9.17) is 14.2 Å². The van der Waals surface area contributed by atoms with Crippen LogP contribution in [0.3, 0.4) is 0 Å². The van der Waals surface area contributed by atoms with Crippen molar-refractivity contribution in [3.05, 3.63) is 183 Å². The molecule has 69 heavy (non-hydrogen) atoms. The van der Waals surface area contributed by atoms with E-state index in [1.165, 1.54) is 82.9 Å². The number of likely N-dealkylation sites (tertiary alicyclic amines) is 2. The second-order valence-electron chi connectivity index (χ2n) is 15.9. The molecule has 5 aromatic carbocycles. The largest absolute Gasteiger partial charge is 1.00 e. The summed E-state index contributed by atoms with van der Waals surface area (Å²) in [5, 5.41) is 22.0. The summed E-state index contributed by atoms with van der Waals surface area (Å²) in [5.41, 5.74) is 3.05. The van der Waals surface area contributed by atoms with Crippen molar-refractivity contribution in [1.82, 2.24) is 19.8 Å². The number of H-pyrrole nitrogens is 2. The van der Waals surface area contributed by atoms with Crippen molar-refractivity contribution in [1.29, 1.82) is 0 Å². The number of nitrogens with zero attached hydrogens (tertiary/aromatic N) is 3. The third-order valence-corrected chi connectivity index (χ3v) is 11.4. The molecule has 4 heterocycles. The van der Waals surface area contributed by atoms with Gasteiger partial charge in [0.1, 0.15) is 43.0 Å². The van der Waals surface area contributed by atoms with Gasteiger partial charge in [-0.2, -0.15) is 0 Å². The molecule has 350 valence electrons. The van der Waals surface area contributed by atoms with Crippen LogP contribution in [0.1, 0.15) is 55.0 Å². The van der Waals surface area contributed by atoms with E-state index in [1.807, 2.05) is 36.4 Å². The minimum atomic E-state index is -1.01. The number of nitrogens with one attached hydrogen (secondary N) is 2. The zero-order valence-electron chi connectivity index (χ0n) is 36.8. The molecule has 20 heteroatoms. The quantitative estimate of drug-likeness (QED) is 0.0382. The van der Waals surface area contributed by atoms with E-state index < -0.39 is 64.8 Å². The van der Waals surface area contributed by atoms with Crippen molar-refractivity contribution in [3.63, 3.8) is 0 Å². The Morgan fingerprint density at radius 1 is 0.667 bits per heavy atom. The molecule has 2 amide bonds. The first kappa shape index (κ1) is 51.1. The topological polar surface area (TPSA) is 244 Å². The number of β-amino-alcohol motifs (C(OH)–C–C–N with tert-alkyl or cyclic N) is 1. The van der Waals surface area contributed by atoms with Crippen molar-refractivity contribution in [2.45, 2.75) is 50.3 Å². The van der Waals surface area contributed by atoms with Gasteiger partial charge in [-0.1, -0.05) is 60.7 Å². The Hall–Kier alpha value is -7.29. The number of nitro benzene ring substituents is 1. The molecule has 9 rings (SSSR count). The van der Waals surface area contributed by atoms with Crippen LogP contribution in [0.2, 0.25) is 0 Å². The number of non-ortho nitro benzene ring substituents is 1. The number of ether oxygens (including phenoxy) is 3. The number of rotatable bonds is 11. The molecule has 0 radical (unpaired) electrons. The van der Waals surface area contributed by atoms with Gasteiger partial charge in [-0.25, -0.2) is 23.2 Å². The Morgan fingerprint density at radius 3 is 1.61 bits per heavy atom. The van der Waals surface area contributed by atoms with E-state index in [-0.39, 0.29) is 96.8 Å². The summed E-state index contributed by atoms with van der Waals surface area (Å²) < 4.78 is 43.4. The number of carbonyl (C=O) groups excluding carboxylic acids is 5. The number of hydrogen-bond acceptors (Lipinski definition) is 12. The second-order valence-corrected chi connectivity index (χ2v) is 15.9. The summed E-state index contributed by atoms with van der Waals surface area (Å²) in [7, 11) is 0. The van der Waals surface area contributed by atoms with E-state index in [0.29, 0.717) is 27.4 Å². The predicted octanol–water partition coefficient (Wildman–Crippen LogP) is 5.12. The molecule has 0 bridgehead atoms. The van der Waals surface area contributed by atoms with Crippen LogP contribution in [0.4, 0.5) is 24.1 Å². The zero-order valence-corrected chi connectivity index (χ0v) is 38.8. The molecule has 0 saturated carbocycles. The molecule has 7 aromatic rings. The maximum atomic E-state index is 13.7. The number of fused-ring (bicyclic) bond motifs is 2. The average Bonchev–Trinajstić information content (AvgIpc) is 4.15. The first-order valence-corrected chi connectivity index (χ1v) is 21.0. The minimum absolute atomic E-state index is 0. The van der Waals surface area contributed by atoms with E-state index in [0.717, 1.165) is 11.1 Å². The Labute approximate surface area is 413 Å². The third kappa shape index (κ3) is 11.9. The number of amides is 2. The standard InChI is InChI=1S/C28H22FN3O7.C21H19FN2O4.Na.H2O/c29-19-8-11-22-23(14-30-24(22)12-19)26(33)25-13-21(39-27(34)18-6-9-20(10-7-18)32(36)37)15-31(25)28(35)38-16-17-4-2-1-3-5-17;22-14-6-7-16-17(10-23-18(16)8-14)20(26)19-9-15(25)11-24(19)21(27)28-12-13-4-2-1-3-5-13;;/h1-12,14,21,25,30H,13,15-16H2;1-8,10,15,19,23,25H,9,11-12H2;;1H2/q;;+1;/p-1/t21-,25-;15-,19-;;/m00../s1. The van der Waals surface area contributed by atoms with Crippen LogP contribution in [-0.4, -0.2) is 102 Å². The molecule has 17 nitrogen and oxygen atoms in total. The predicted molar refractivity (Wildman–Crippen MR) is 239 cm³/mol. The van der Waals surface area contributed by atoms with Gasteiger partial charge in [-0.15, -0.1) is 0 Å².